The third-order valence-electron chi connectivity index (χ3n) is 3.60. The van der Waals surface area contributed by atoms with Gasteiger partial charge < -0.3 is 5.11 Å². The van der Waals surface area contributed by atoms with Gasteiger partial charge in [-0.15, -0.1) is 0 Å². The Morgan fingerprint density at radius 2 is 1.90 bits per heavy atom. The Kier molecular flexibility index (Phi) is 5.14. The second-order valence-corrected chi connectivity index (χ2v) is 5.70. The van der Waals surface area contributed by atoms with E-state index in [-0.39, 0.29) is 6.42 Å². The van der Waals surface area contributed by atoms with Crippen molar-refractivity contribution in [2.45, 2.75) is 45.4 Å². The van der Waals surface area contributed by atoms with Crippen LogP contribution in [0.15, 0.2) is 30.5 Å². The van der Waals surface area contributed by atoms with E-state index in [1.165, 1.54) is 22.4 Å². The molecule has 0 aliphatic carbocycles. The number of nitrogens with zero attached hydrogens (tertiary/aromatic N) is 1. The summed E-state index contributed by atoms with van der Waals surface area (Å²) in [6, 6.07) is 8.42. The van der Waals surface area contributed by atoms with Gasteiger partial charge in [0, 0.05) is 18.5 Å². The van der Waals surface area contributed by atoms with Crippen molar-refractivity contribution in [2.24, 2.45) is 0 Å². The first-order valence-corrected chi connectivity index (χ1v) is 7.38. The maximum absolute atomic E-state index is 10.5. The summed E-state index contributed by atoms with van der Waals surface area (Å²) >= 11 is 0. The minimum absolute atomic E-state index is 0.231. The Labute approximate surface area is 125 Å². The minimum Gasteiger partial charge on any atom is -0.481 e. The standard InChI is InChI=1S/C17H22N2O2/c1-12(2)17-15(11-18-19-17)10-14-8-6-13(7-9-14)4-3-5-16(20)21/h6-9,11-12H,3-5,10H2,1-2H3,(H,18,19)(H,20,21). The summed E-state index contributed by atoms with van der Waals surface area (Å²) in [5.41, 5.74) is 4.88. The van der Waals surface area contributed by atoms with Crippen molar-refractivity contribution in [3.8, 4) is 0 Å². The number of hydrogen-bond donors (Lipinski definition) is 2. The number of H-pyrrole nitrogens is 1. The normalized spacial score (nSPS) is 11.0. The fraction of sp³-hybridized carbons (Fsp3) is 0.412. The molecule has 0 amide bonds. The molecule has 2 aromatic rings. The average molecular weight is 286 g/mol. The average Bonchev–Trinajstić information content (AvgIpc) is 2.89. The topological polar surface area (TPSA) is 66.0 Å². The molecule has 0 atom stereocenters. The maximum Gasteiger partial charge on any atom is 0.303 e. The van der Waals surface area contributed by atoms with Gasteiger partial charge in [0.15, 0.2) is 0 Å². The van der Waals surface area contributed by atoms with Gasteiger partial charge in [-0.25, -0.2) is 0 Å². The van der Waals surface area contributed by atoms with Gasteiger partial charge in [-0.1, -0.05) is 38.1 Å². The van der Waals surface area contributed by atoms with E-state index in [1.807, 2.05) is 6.20 Å². The van der Waals surface area contributed by atoms with Gasteiger partial charge in [0.1, 0.15) is 0 Å². The zero-order valence-electron chi connectivity index (χ0n) is 12.6. The van der Waals surface area contributed by atoms with Crippen molar-refractivity contribution in [3.05, 3.63) is 52.8 Å². The summed E-state index contributed by atoms with van der Waals surface area (Å²) in [5.74, 6) is -0.286. The molecule has 0 saturated carbocycles. The van der Waals surface area contributed by atoms with Crippen LogP contribution < -0.4 is 0 Å². The van der Waals surface area contributed by atoms with Crippen LogP contribution in [0.3, 0.4) is 0 Å². The first-order chi connectivity index (χ1) is 10.1. The largest absolute Gasteiger partial charge is 0.481 e. The predicted octanol–water partition coefficient (Wildman–Crippen LogP) is 3.53. The first-order valence-electron chi connectivity index (χ1n) is 7.38. The SMILES string of the molecule is CC(C)c1[nH]ncc1Cc1ccc(CCCC(=O)O)cc1. The van der Waals surface area contributed by atoms with Crippen molar-refractivity contribution in [1.29, 1.82) is 0 Å². The lowest BCUT2D eigenvalue weighted by Gasteiger charge is -2.07. The van der Waals surface area contributed by atoms with Gasteiger partial charge in [-0.05, 0) is 35.4 Å². The van der Waals surface area contributed by atoms with Gasteiger partial charge in [-0.2, -0.15) is 5.10 Å². The third kappa shape index (κ3) is 4.45. The molecule has 0 saturated heterocycles. The van der Waals surface area contributed by atoms with Crippen molar-refractivity contribution in [1.82, 2.24) is 10.2 Å². The molecule has 1 heterocycles. The monoisotopic (exact) mass is 286 g/mol. The summed E-state index contributed by atoms with van der Waals surface area (Å²) in [7, 11) is 0. The van der Waals surface area contributed by atoms with Crippen LogP contribution >= 0.6 is 0 Å². The summed E-state index contributed by atoms with van der Waals surface area (Å²) in [6.07, 6.45) is 4.51. The molecule has 0 spiro atoms. The van der Waals surface area contributed by atoms with Crippen LogP contribution in [0, 0.1) is 0 Å². The van der Waals surface area contributed by atoms with Crippen molar-refractivity contribution < 1.29 is 9.90 Å². The molecule has 112 valence electrons. The van der Waals surface area contributed by atoms with Gasteiger partial charge >= 0.3 is 5.97 Å². The number of carbonyl (C=O) groups is 1. The number of rotatable bonds is 7. The lowest BCUT2D eigenvalue weighted by molar-refractivity contribution is -0.137. The molecule has 4 heteroatoms. The number of hydrogen-bond acceptors (Lipinski definition) is 2. The van der Waals surface area contributed by atoms with Gasteiger partial charge in [0.05, 0.1) is 6.20 Å². The number of carboxylic acid groups (broad SMARTS) is 1. The van der Waals surface area contributed by atoms with Crippen LogP contribution in [0.25, 0.3) is 0 Å². The van der Waals surface area contributed by atoms with Gasteiger partial charge in [-0.3, -0.25) is 9.89 Å². The van der Waals surface area contributed by atoms with E-state index in [9.17, 15) is 4.79 Å². The lowest BCUT2D eigenvalue weighted by atomic mass is 9.98. The highest BCUT2D eigenvalue weighted by molar-refractivity contribution is 5.66. The molecule has 0 radical (unpaired) electrons. The number of aromatic amines is 1. The number of benzene rings is 1. The molecule has 21 heavy (non-hydrogen) atoms. The zero-order chi connectivity index (χ0) is 15.2. The minimum atomic E-state index is -0.729. The van der Waals surface area contributed by atoms with E-state index in [4.69, 9.17) is 5.11 Å². The smallest absolute Gasteiger partial charge is 0.303 e. The predicted molar refractivity (Wildman–Crippen MR) is 82.5 cm³/mol. The molecule has 0 unspecified atom stereocenters. The van der Waals surface area contributed by atoms with Crippen LogP contribution in [-0.4, -0.2) is 21.3 Å². The molecular weight excluding hydrogens is 264 g/mol. The second kappa shape index (κ2) is 7.07. The number of nitrogens with one attached hydrogen (secondary N) is 1. The summed E-state index contributed by atoms with van der Waals surface area (Å²) in [4.78, 5) is 10.5. The van der Waals surface area contributed by atoms with Crippen LogP contribution in [0.2, 0.25) is 0 Å². The van der Waals surface area contributed by atoms with E-state index in [1.54, 1.807) is 0 Å². The molecule has 0 aliphatic rings. The fourth-order valence-electron chi connectivity index (χ4n) is 2.45. The summed E-state index contributed by atoms with van der Waals surface area (Å²) in [6.45, 7) is 4.31. The van der Waals surface area contributed by atoms with Crippen LogP contribution in [0.1, 0.15) is 55.0 Å². The Hall–Kier alpha value is -2.10. The molecule has 4 nitrogen and oxygen atoms in total. The Morgan fingerprint density at radius 3 is 2.52 bits per heavy atom. The first kappa shape index (κ1) is 15.3. The van der Waals surface area contributed by atoms with Crippen molar-refractivity contribution in [3.63, 3.8) is 0 Å². The summed E-state index contributed by atoms with van der Waals surface area (Å²) < 4.78 is 0. The highest BCUT2D eigenvalue weighted by atomic mass is 16.4. The van der Waals surface area contributed by atoms with E-state index in [0.717, 1.165) is 12.8 Å². The third-order valence-corrected chi connectivity index (χ3v) is 3.60. The number of aliphatic carboxylic acids is 1. The van der Waals surface area contributed by atoms with Gasteiger partial charge in [0.25, 0.3) is 0 Å². The molecule has 1 aromatic heterocycles. The summed E-state index contributed by atoms with van der Waals surface area (Å²) in [5, 5.41) is 15.8. The maximum atomic E-state index is 10.5. The number of aryl methyl sites for hydroxylation is 1. The fourth-order valence-corrected chi connectivity index (χ4v) is 2.45. The Balaban J connectivity index is 1.96. The quantitative estimate of drug-likeness (QED) is 0.818. The number of aromatic nitrogens is 2. The van der Waals surface area contributed by atoms with Gasteiger partial charge in [0.2, 0.25) is 0 Å². The van der Waals surface area contributed by atoms with Crippen LogP contribution in [0.5, 0.6) is 0 Å². The molecule has 0 bridgehead atoms. The van der Waals surface area contributed by atoms with E-state index < -0.39 is 5.97 Å². The lowest BCUT2D eigenvalue weighted by Crippen LogP contribution is -1.97. The van der Waals surface area contributed by atoms with Crippen molar-refractivity contribution in [2.75, 3.05) is 0 Å². The molecular formula is C17H22N2O2. The molecule has 0 aliphatic heterocycles. The van der Waals surface area contributed by atoms with E-state index in [0.29, 0.717) is 12.3 Å². The molecule has 2 rings (SSSR count). The van der Waals surface area contributed by atoms with Crippen molar-refractivity contribution >= 4 is 5.97 Å². The Morgan fingerprint density at radius 1 is 1.24 bits per heavy atom. The van der Waals surface area contributed by atoms with Crippen LogP contribution in [-0.2, 0) is 17.6 Å². The highest BCUT2D eigenvalue weighted by Gasteiger charge is 2.09. The zero-order valence-corrected chi connectivity index (χ0v) is 12.6. The number of carboxylic acids is 1. The van der Waals surface area contributed by atoms with E-state index >= 15 is 0 Å². The molecule has 1 aromatic carbocycles. The molecule has 2 N–H and O–H groups in total. The highest BCUT2D eigenvalue weighted by Crippen LogP contribution is 2.19. The van der Waals surface area contributed by atoms with E-state index in [2.05, 4.69) is 48.3 Å². The van der Waals surface area contributed by atoms with Crippen LogP contribution in [0.4, 0.5) is 0 Å². The second-order valence-electron chi connectivity index (χ2n) is 5.70. The molecule has 0 fully saturated rings. The Bertz CT molecular complexity index is 585.